The van der Waals surface area contributed by atoms with Gasteiger partial charge in [-0.1, -0.05) is 6.92 Å². The van der Waals surface area contributed by atoms with Gasteiger partial charge in [0, 0.05) is 51.0 Å². The molecular weight excluding hydrogens is 290 g/mol. The van der Waals surface area contributed by atoms with Crippen molar-refractivity contribution < 1.29 is 9.53 Å². The molecule has 2 fully saturated rings. The lowest BCUT2D eigenvalue weighted by Crippen LogP contribution is -2.39. The first-order valence-corrected chi connectivity index (χ1v) is 8.72. The molecule has 5 heteroatoms. The molecule has 0 spiro atoms. The number of hydrogen-bond donors (Lipinski definition) is 0. The standard InChI is InChI=1S/C18H27N3O2/c1-15-13-17(15)18(22)21(14-16-3-5-19-6-4-16)8-2-7-20-9-11-23-12-10-20/h3-6,15,17H,2,7-14H2,1H3. The van der Waals surface area contributed by atoms with Crippen LogP contribution in [0.3, 0.4) is 0 Å². The maximum absolute atomic E-state index is 12.7. The van der Waals surface area contributed by atoms with E-state index in [0.29, 0.717) is 18.4 Å². The molecule has 1 aromatic heterocycles. The fourth-order valence-corrected chi connectivity index (χ4v) is 3.19. The summed E-state index contributed by atoms with van der Waals surface area (Å²) in [6.07, 6.45) is 5.67. The average molecular weight is 317 g/mol. The molecule has 1 amide bonds. The summed E-state index contributed by atoms with van der Waals surface area (Å²) in [5.41, 5.74) is 1.16. The zero-order valence-electron chi connectivity index (χ0n) is 14.0. The first kappa shape index (κ1) is 16.4. The summed E-state index contributed by atoms with van der Waals surface area (Å²) in [4.78, 5) is 21.2. The van der Waals surface area contributed by atoms with Gasteiger partial charge in [0.25, 0.3) is 0 Å². The highest BCUT2D eigenvalue weighted by Gasteiger charge is 2.41. The summed E-state index contributed by atoms with van der Waals surface area (Å²) in [5, 5.41) is 0. The van der Waals surface area contributed by atoms with Gasteiger partial charge >= 0.3 is 0 Å². The molecule has 0 aromatic carbocycles. The third-order valence-electron chi connectivity index (χ3n) is 4.87. The fraction of sp³-hybridized carbons (Fsp3) is 0.667. The molecular formula is C18H27N3O2. The van der Waals surface area contributed by atoms with Crippen molar-refractivity contribution in [3.63, 3.8) is 0 Å². The first-order chi connectivity index (χ1) is 11.2. The van der Waals surface area contributed by atoms with Gasteiger partial charge < -0.3 is 9.64 Å². The van der Waals surface area contributed by atoms with Crippen molar-refractivity contribution in [2.24, 2.45) is 11.8 Å². The summed E-state index contributed by atoms with van der Waals surface area (Å²) in [5.74, 6) is 1.14. The third-order valence-corrected chi connectivity index (χ3v) is 4.87. The molecule has 0 bridgehead atoms. The Morgan fingerprint density at radius 2 is 2.04 bits per heavy atom. The van der Waals surface area contributed by atoms with Crippen LogP contribution in [0.5, 0.6) is 0 Å². The van der Waals surface area contributed by atoms with E-state index in [1.54, 1.807) is 12.4 Å². The largest absolute Gasteiger partial charge is 0.379 e. The molecule has 2 unspecified atom stereocenters. The van der Waals surface area contributed by atoms with Crippen LogP contribution < -0.4 is 0 Å². The molecule has 5 nitrogen and oxygen atoms in total. The highest BCUT2D eigenvalue weighted by Crippen LogP contribution is 2.39. The number of pyridine rings is 1. The van der Waals surface area contributed by atoms with Gasteiger partial charge in [-0.05, 0) is 36.5 Å². The van der Waals surface area contributed by atoms with Crippen LogP contribution in [0, 0.1) is 11.8 Å². The molecule has 2 aliphatic rings. The number of carbonyl (C=O) groups is 1. The summed E-state index contributed by atoms with van der Waals surface area (Å²) in [7, 11) is 0. The Morgan fingerprint density at radius 1 is 1.35 bits per heavy atom. The number of carbonyl (C=O) groups excluding carboxylic acids is 1. The van der Waals surface area contributed by atoms with Crippen molar-refractivity contribution in [2.45, 2.75) is 26.3 Å². The van der Waals surface area contributed by atoms with Crippen molar-refractivity contribution in [1.29, 1.82) is 0 Å². The molecule has 1 aromatic rings. The molecule has 1 saturated heterocycles. The fourth-order valence-electron chi connectivity index (χ4n) is 3.19. The number of amides is 1. The minimum absolute atomic E-state index is 0.250. The Labute approximate surface area is 138 Å². The van der Waals surface area contributed by atoms with Gasteiger partial charge in [0.05, 0.1) is 13.2 Å². The second-order valence-electron chi connectivity index (χ2n) is 6.74. The van der Waals surface area contributed by atoms with E-state index in [-0.39, 0.29) is 5.92 Å². The van der Waals surface area contributed by atoms with Crippen LogP contribution in [0.25, 0.3) is 0 Å². The molecule has 2 heterocycles. The Bertz CT molecular complexity index is 502. The highest BCUT2D eigenvalue weighted by molar-refractivity contribution is 5.81. The molecule has 0 N–H and O–H groups in total. The van der Waals surface area contributed by atoms with Crippen LogP contribution in [0.15, 0.2) is 24.5 Å². The van der Waals surface area contributed by atoms with Crippen LogP contribution in [-0.2, 0) is 16.1 Å². The Morgan fingerprint density at radius 3 is 2.70 bits per heavy atom. The van der Waals surface area contributed by atoms with Gasteiger partial charge in [-0.2, -0.15) is 0 Å². The topological polar surface area (TPSA) is 45.7 Å². The number of aromatic nitrogens is 1. The van der Waals surface area contributed by atoms with Crippen molar-refractivity contribution in [1.82, 2.24) is 14.8 Å². The molecule has 1 saturated carbocycles. The molecule has 126 valence electrons. The molecule has 2 atom stereocenters. The number of ether oxygens (including phenoxy) is 1. The first-order valence-electron chi connectivity index (χ1n) is 8.72. The number of hydrogen-bond acceptors (Lipinski definition) is 4. The predicted octanol–water partition coefficient (Wildman–Crippen LogP) is 1.79. The number of rotatable bonds is 7. The Hall–Kier alpha value is -1.46. The lowest BCUT2D eigenvalue weighted by Gasteiger charge is -2.28. The van der Waals surface area contributed by atoms with Gasteiger partial charge in [-0.25, -0.2) is 0 Å². The lowest BCUT2D eigenvalue weighted by atomic mass is 10.2. The molecule has 1 aliphatic carbocycles. The predicted molar refractivity (Wildman–Crippen MR) is 88.8 cm³/mol. The van der Waals surface area contributed by atoms with E-state index < -0.39 is 0 Å². The van der Waals surface area contributed by atoms with E-state index in [1.165, 1.54) is 0 Å². The quantitative estimate of drug-likeness (QED) is 0.769. The third kappa shape index (κ3) is 4.75. The number of morpholine rings is 1. The summed E-state index contributed by atoms with van der Waals surface area (Å²) in [6, 6.07) is 4.00. The lowest BCUT2D eigenvalue weighted by molar-refractivity contribution is -0.133. The zero-order valence-corrected chi connectivity index (χ0v) is 14.0. The van der Waals surface area contributed by atoms with Crippen molar-refractivity contribution in [3.05, 3.63) is 30.1 Å². The number of nitrogens with zero attached hydrogens (tertiary/aromatic N) is 3. The van der Waals surface area contributed by atoms with Gasteiger partial charge in [0.2, 0.25) is 5.91 Å². The van der Waals surface area contributed by atoms with Crippen LogP contribution in [-0.4, -0.2) is 60.1 Å². The zero-order chi connectivity index (χ0) is 16.1. The van der Waals surface area contributed by atoms with Crippen molar-refractivity contribution in [3.8, 4) is 0 Å². The van der Waals surface area contributed by atoms with Crippen LogP contribution in [0.4, 0.5) is 0 Å². The van der Waals surface area contributed by atoms with Crippen molar-refractivity contribution in [2.75, 3.05) is 39.4 Å². The van der Waals surface area contributed by atoms with Crippen molar-refractivity contribution >= 4 is 5.91 Å². The maximum atomic E-state index is 12.7. The van der Waals surface area contributed by atoms with Gasteiger partial charge in [0.15, 0.2) is 0 Å². The van der Waals surface area contributed by atoms with Crippen LogP contribution >= 0.6 is 0 Å². The SMILES string of the molecule is CC1CC1C(=O)N(CCCN1CCOCC1)Cc1ccncc1. The van der Waals surface area contributed by atoms with E-state index in [1.807, 2.05) is 17.0 Å². The van der Waals surface area contributed by atoms with E-state index in [0.717, 1.165) is 57.8 Å². The smallest absolute Gasteiger partial charge is 0.226 e. The Kier molecular flexibility index (Phi) is 5.62. The minimum Gasteiger partial charge on any atom is -0.379 e. The maximum Gasteiger partial charge on any atom is 0.226 e. The van der Waals surface area contributed by atoms with Crippen LogP contribution in [0.1, 0.15) is 25.3 Å². The van der Waals surface area contributed by atoms with E-state index in [4.69, 9.17) is 4.74 Å². The molecule has 0 radical (unpaired) electrons. The monoisotopic (exact) mass is 317 g/mol. The van der Waals surface area contributed by atoms with Gasteiger partial charge in [-0.3, -0.25) is 14.7 Å². The van der Waals surface area contributed by atoms with Gasteiger partial charge in [0.1, 0.15) is 0 Å². The molecule has 23 heavy (non-hydrogen) atoms. The van der Waals surface area contributed by atoms with E-state index in [9.17, 15) is 4.79 Å². The van der Waals surface area contributed by atoms with Gasteiger partial charge in [-0.15, -0.1) is 0 Å². The summed E-state index contributed by atoms with van der Waals surface area (Å²) >= 11 is 0. The highest BCUT2D eigenvalue weighted by atomic mass is 16.5. The van der Waals surface area contributed by atoms with Crippen LogP contribution in [0.2, 0.25) is 0 Å². The summed E-state index contributed by atoms with van der Waals surface area (Å²) in [6.45, 7) is 8.44. The molecule has 1 aliphatic heterocycles. The second kappa shape index (κ2) is 7.88. The second-order valence-corrected chi connectivity index (χ2v) is 6.74. The van der Waals surface area contributed by atoms with E-state index >= 15 is 0 Å². The minimum atomic E-state index is 0.250. The Balaban J connectivity index is 1.52. The normalized spacial score (nSPS) is 24.4. The van der Waals surface area contributed by atoms with E-state index in [2.05, 4.69) is 16.8 Å². The average Bonchev–Trinajstić information content (AvgIpc) is 3.32. The summed E-state index contributed by atoms with van der Waals surface area (Å²) < 4.78 is 5.38. The molecule has 3 rings (SSSR count).